The molecule has 17 heavy (non-hydrogen) atoms. The number of halogens is 1. The van der Waals surface area contributed by atoms with E-state index in [1.165, 1.54) is 6.20 Å². The van der Waals surface area contributed by atoms with E-state index in [2.05, 4.69) is 20.3 Å². The highest BCUT2D eigenvalue weighted by atomic mass is 35.5. The van der Waals surface area contributed by atoms with Crippen LogP contribution < -0.4 is 5.32 Å². The number of aryl methyl sites for hydroxylation is 1. The lowest BCUT2D eigenvalue weighted by atomic mass is 10.3. The van der Waals surface area contributed by atoms with Gasteiger partial charge < -0.3 is 0 Å². The average molecular weight is 249 g/mol. The Balaban J connectivity index is 2.19. The Bertz CT molecular complexity index is 524. The van der Waals surface area contributed by atoms with Crippen molar-refractivity contribution in [1.82, 2.24) is 15.0 Å². The van der Waals surface area contributed by atoms with Crippen LogP contribution in [0, 0.1) is 6.92 Å². The first-order valence-corrected chi connectivity index (χ1v) is 5.25. The number of hydrogen-bond acceptors (Lipinski definition) is 4. The van der Waals surface area contributed by atoms with Crippen LogP contribution in [0.25, 0.3) is 0 Å². The first-order valence-electron chi connectivity index (χ1n) is 4.88. The zero-order valence-corrected chi connectivity index (χ0v) is 9.77. The second-order valence-corrected chi connectivity index (χ2v) is 3.74. The summed E-state index contributed by atoms with van der Waals surface area (Å²) in [7, 11) is 0. The largest absolute Gasteiger partial charge is 0.290 e. The molecule has 6 heteroatoms. The van der Waals surface area contributed by atoms with Gasteiger partial charge in [0.15, 0.2) is 0 Å². The van der Waals surface area contributed by atoms with Crippen LogP contribution in [0.2, 0.25) is 5.15 Å². The van der Waals surface area contributed by atoms with Gasteiger partial charge in [-0.25, -0.2) is 9.97 Å². The third kappa shape index (κ3) is 2.98. The van der Waals surface area contributed by atoms with Gasteiger partial charge >= 0.3 is 0 Å². The van der Waals surface area contributed by atoms with Crippen LogP contribution in [0.1, 0.15) is 16.1 Å². The van der Waals surface area contributed by atoms with Crippen molar-refractivity contribution in [2.75, 3.05) is 5.32 Å². The molecule has 2 aromatic heterocycles. The van der Waals surface area contributed by atoms with Crippen LogP contribution in [0.4, 0.5) is 5.95 Å². The predicted octanol–water partition coefficient (Wildman–Crippen LogP) is 2.09. The molecule has 2 rings (SSSR count). The van der Waals surface area contributed by atoms with Gasteiger partial charge in [-0.3, -0.25) is 15.1 Å². The third-order valence-electron chi connectivity index (χ3n) is 1.97. The minimum absolute atomic E-state index is 0.184. The molecule has 2 heterocycles. The summed E-state index contributed by atoms with van der Waals surface area (Å²) in [6, 6.07) is 4.94. The second-order valence-electron chi connectivity index (χ2n) is 3.35. The molecule has 0 aromatic carbocycles. The summed E-state index contributed by atoms with van der Waals surface area (Å²) in [6.07, 6.45) is 3.06. The molecule has 0 bridgehead atoms. The van der Waals surface area contributed by atoms with Crippen LogP contribution in [0.3, 0.4) is 0 Å². The fourth-order valence-corrected chi connectivity index (χ4v) is 1.49. The highest BCUT2D eigenvalue weighted by Crippen LogP contribution is 2.10. The number of nitrogens with zero attached hydrogens (tertiary/aromatic N) is 3. The second kappa shape index (κ2) is 4.88. The molecule has 0 aliphatic heterocycles. The van der Waals surface area contributed by atoms with Crippen LogP contribution in [-0.4, -0.2) is 20.9 Å². The maximum absolute atomic E-state index is 11.8. The molecule has 0 aliphatic carbocycles. The van der Waals surface area contributed by atoms with Crippen LogP contribution in [0.5, 0.6) is 0 Å². The topological polar surface area (TPSA) is 67.8 Å². The van der Waals surface area contributed by atoms with Crippen LogP contribution >= 0.6 is 11.6 Å². The molecule has 0 fully saturated rings. The summed E-state index contributed by atoms with van der Waals surface area (Å²) in [4.78, 5) is 23.6. The van der Waals surface area contributed by atoms with E-state index in [0.717, 1.165) is 0 Å². The molecule has 0 unspecified atom stereocenters. The van der Waals surface area contributed by atoms with Crippen molar-refractivity contribution in [3.8, 4) is 0 Å². The van der Waals surface area contributed by atoms with Crippen molar-refractivity contribution in [2.45, 2.75) is 6.92 Å². The quantitative estimate of drug-likeness (QED) is 0.827. The zero-order chi connectivity index (χ0) is 12.3. The normalized spacial score (nSPS) is 10.0. The lowest BCUT2D eigenvalue weighted by Gasteiger charge is -2.04. The number of rotatable bonds is 2. The number of amides is 1. The first-order chi connectivity index (χ1) is 8.15. The van der Waals surface area contributed by atoms with Gasteiger partial charge in [-0.05, 0) is 25.1 Å². The van der Waals surface area contributed by atoms with E-state index in [0.29, 0.717) is 16.4 Å². The SMILES string of the molecule is Cc1cc(Cl)nc(NC(=O)c2cccnc2)n1. The van der Waals surface area contributed by atoms with Gasteiger partial charge in [0.2, 0.25) is 5.95 Å². The summed E-state index contributed by atoms with van der Waals surface area (Å²) < 4.78 is 0. The van der Waals surface area contributed by atoms with Crippen LogP contribution in [-0.2, 0) is 0 Å². The van der Waals surface area contributed by atoms with Gasteiger partial charge in [0.05, 0.1) is 5.56 Å². The number of aromatic nitrogens is 3. The Hall–Kier alpha value is -2.01. The Labute approximate surface area is 103 Å². The maximum Gasteiger partial charge on any atom is 0.259 e. The minimum Gasteiger partial charge on any atom is -0.290 e. The molecular formula is C11H9ClN4O. The number of anilines is 1. The van der Waals surface area contributed by atoms with E-state index < -0.39 is 0 Å². The van der Waals surface area contributed by atoms with E-state index in [9.17, 15) is 4.79 Å². The highest BCUT2D eigenvalue weighted by molar-refractivity contribution is 6.29. The molecule has 1 N–H and O–H groups in total. The van der Waals surface area contributed by atoms with E-state index in [1.807, 2.05) is 0 Å². The number of pyridine rings is 1. The molecule has 0 aliphatic rings. The predicted molar refractivity (Wildman–Crippen MR) is 64.0 cm³/mol. The molecule has 5 nitrogen and oxygen atoms in total. The summed E-state index contributed by atoms with van der Waals surface area (Å²) in [5.74, 6) is -0.136. The lowest BCUT2D eigenvalue weighted by Crippen LogP contribution is -2.14. The summed E-state index contributed by atoms with van der Waals surface area (Å²) >= 11 is 5.76. The van der Waals surface area contributed by atoms with Crippen molar-refractivity contribution < 1.29 is 4.79 Å². The lowest BCUT2D eigenvalue weighted by molar-refractivity contribution is 0.102. The number of nitrogens with one attached hydrogen (secondary N) is 1. The fraction of sp³-hybridized carbons (Fsp3) is 0.0909. The number of hydrogen-bond donors (Lipinski definition) is 1. The Kier molecular flexibility index (Phi) is 3.30. The van der Waals surface area contributed by atoms with Crippen molar-refractivity contribution >= 4 is 23.5 Å². The molecule has 1 amide bonds. The van der Waals surface area contributed by atoms with Crippen molar-refractivity contribution in [3.63, 3.8) is 0 Å². The molecule has 0 radical (unpaired) electrons. The van der Waals surface area contributed by atoms with E-state index in [1.54, 1.807) is 31.3 Å². The Morgan fingerprint density at radius 2 is 2.24 bits per heavy atom. The fourth-order valence-electron chi connectivity index (χ4n) is 1.26. The summed E-state index contributed by atoms with van der Waals surface area (Å²) in [6.45, 7) is 1.77. The monoisotopic (exact) mass is 248 g/mol. The Morgan fingerprint density at radius 1 is 1.41 bits per heavy atom. The summed E-state index contributed by atoms with van der Waals surface area (Å²) in [5.41, 5.74) is 1.13. The van der Waals surface area contributed by atoms with Gasteiger partial charge in [-0.15, -0.1) is 0 Å². The summed E-state index contributed by atoms with van der Waals surface area (Å²) in [5, 5.41) is 2.84. The molecule has 0 saturated heterocycles. The molecule has 0 spiro atoms. The van der Waals surface area contributed by atoms with E-state index >= 15 is 0 Å². The minimum atomic E-state index is -0.320. The van der Waals surface area contributed by atoms with E-state index in [4.69, 9.17) is 11.6 Å². The van der Waals surface area contributed by atoms with E-state index in [-0.39, 0.29) is 11.9 Å². The van der Waals surface area contributed by atoms with Crippen molar-refractivity contribution in [2.24, 2.45) is 0 Å². The molecular weight excluding hydrogens is 240 g/mol. The van der Waals surface area contributed by atoms with Crippen LogP contribution in [0.15, 0.2) is 30.6 Å². The molecule has 0 saturated carbocycles. The zero-order valence-electron chi connectivity index (χ0n) is 9.01. The molecule has 2 aromatic rings. The highest BCUT2D eigenvalue weighted by Gasteiger charge is 2.08. The van der Waals surface area contributed by atoms with Gasteiger partial charge in [-0.1, -0.05) is 11.6 Å². The van der Waals surface area contributed by atoms with Gasteiger partial charge in [0, 0.05) is 18.1 Å². The smallest absolute Gasteiger partial charge is 0.259 e. The number of carbonyl (C=O) groups excluding carboxylic acids is 1. The van der Waals surface area contributed by atoms with Gasteiger partial charge in [-0.2, -0.15) is 0 Å². The first kappa shape index (κ1) is 11.5. The standard InChI is InChI=1S/C11H9ClN4O/c1-7-5-9(12)15-11(14-7)16-10(17)8-3-2-4-13-6-8/h2-6H,1H3,(H,14,15,16,17). The van der Waals surface area contributed by atoms with Gasteiger partial charge in [0.25, 0.3) is 5.91 Å². The van der Waals surface area contributed by atoms with Crippen molar-refractivity contribution in [3.05, 3.63) is 47.0 Å². The maximum atomic E-state index is 11.8. The molecule has 0 atom stereocenters. The Morgan fingerprint density at radius 3 is 2.88 bits per heavy atom. The van der Waals surface area contributed by atoms with Gasteiger partial charge in [0.1, 0.15) is 5.15 Å². The third-order valence-corrected chi connectivity index (χ3v) is 2.17. The number of carbonyl (C=O) groups is 1. The van der Waals surface area contributed by atoms with Crippen molar-refractivity contribution in [1.29, 1.82) is 0 Å². The average Bonchev–Trinajstić information content (AvgIpc) is 2.28. The molecule has 86 valence electrons.